The highest BCUT2D eigenvalue weighted by Crippen LogP contribution is 2.15. The molecule has 2 heterocycles. The van der Waals surface area contributed by atoms with Crippen molar-refractivity contribution in [3.8, 4) is 0 Å². The summed E-state index contributed by atoms with van der Waals surface area (Å²) >= 11 is 0. The van der Waals surface area contributed by atoms with Crippen LogP contribution >= 0.6 is 0 Å². The van der Waals surface area contributed by atoms with Gasteiger partial charge in [-0.05, 0) is 12.8 Å². The molecule has 0 unspecified atom stereocenters. The first-order chi connectivity index (χ1) is 9.24. The van der Waals surface area contributed by atoms with Crippen molar-refractivity contribution in [2.24, 2.45) is 0 Å². The first-order valence-corrected chi connectivity index (χ1v) is 6.42. The first kappa shape index (κ1) is 13.5. The van der Waals surface area contributed by atoms with E-state index in [1.165, 1.54) is 6.33 Å². The van der Waals surface area contributed by atoms with Crippen molar-refractivity contribution in [2.45, 2.75) is 39.7 Å². The third-order valence-corrected chi connectivity index (χ3v) is 2.74. The lowest BCUT2D eigenvalue weighted by Crippen LogP contribution is -2.06. The number of hydrogen-bond donors (Lipinski definition) is 1. The van der Waals surface area contributed by atoms with Crippen molar-refractivity contribution < 1.29 is 8.91 Å². The monoisotopic (exact) mass is 264 g/mol. The van der Waals surface area contributed by atoms with Crippen LogP contribution in [0.5, 0.6) is 0 Å². The third-order valence-electron chi connectivity index (χ3n) is 2.74. The van der Waals surface area contributed by atoms with Crippen LogP contribution in [0.1, 0.15) is 37.4 Å². The van der Waals surface area contributed by atoms with Gasteiger partial charge in [0.1, 0.15) is 6.33 Å². The molecule has 2 aromatic heterocycles. The molecule has 102 valence electrons. The van der Waals surface area contributed by atoms with Crippen LogP contribution in [0.15, 0.2) is 16.9 Å². The number of halogens is 1. The molecule has 2 rings (SSSR count). The molecule has 6 heteroatoms. The molecular weight excluding hydrogens is 247 g/mol. The average Bonchev–Trinajstić information content (AvgIpc) is 2.86. The molecule has 0 aliphatic rings. The number of nitrogens with one attached hydrogen (secondary N) is 1. The lowest BCUT2D eigenvalue weighted by atomic mass is 10.2. The van der Waals surface area contributed by atoms with E-state index >= 15 is 0 Å². The van der Waals surface area contributed by atoms with Crippen molar-refractivity contribution in [1.29, 1.82) is 0 Å². The number of rotatable bonds is 6. The lowest BCUT2D eigenvalue weighted by Gasteiger charge is -2.06. The highest BCUT2D eigenvalue weighted by Gasteiger charge is 2.10. The summed E-state index contributed by atoms with van der Waals surface area (Å²) in [6, 6.07) is 1.87. The second-order valence-corrected chi connectivity index (χ2v) is 4.22. The van der Waals surface area contributed by atoms with E-state index in [1.54, 1.807) is 0 Å². The highest BCUT2D eigenvalue weighted by atomic mass is 19.1. The molecule has 2 aromatic rings. The largest absolute Gasteiger partial charge is 0.360 e. The average molecular weight is 264 g/mol. The zero-order chi connectivity index (χ0) is 13.7. The maximum absolute atomic E-state index is 13.9. The summed E-state index contributed by atoms with van der Waals surface area (Å²) in [4.78, 5) is 7.76. The number of nitrogens with zero attached hydrogens (tertiary/aromatic N) is 3. The lowest BCUT2D eigenvalue weighted by molar-refractivity contribution is 0.381. The molecule has 0 saturated heterocycles. The smallest absolute Gasteiger partial charge is 0.186 e. The predicted octanol–water partition coefficient (Wildman–Crippen LogP) is 2.73. The number of aryl methyl sites for hydroxylation is 2. The van der Waals surface area contributed by atoms with E-state index in [1.807, 2.05) is 13.0 Å². The van der Waals surface area contributed by atoms with Crippen LogP contribution in [0.3, 0.4) is 0 Å². The Bertz CT molecular complexity index is 541. The summed E-state index contributed by atoms with van der Waals surface area (Å²) < 4.78 is 19.0. The van der Waals surface area contributed by atoms with Gasteiger partial charge >= 0.3 is 0 Å². The maximum atomic E-state index is 13.9. The SMILES string of the molecule is CCCc1cc(CNc2ncnc(CC)c2F)on1. The van der Waals surface area contributed by atoms with Gasteiger partial charge in [-0.3, -0.25) is 0 Å². The molecular formula is C13H17FN4O. The minimum absolute atomic E-state index is 0.195. The van der Waals surface area contributed by atoms with Crippen molar-refractivity contribution in [2.75, 3.05) is 5.32 Å². The van der Waals surface area contributed by atoms with E-state index in [4.69, 9.17) is 4.52 Å². The molecule has 0 aliphatic heterocycles. The highest BCUT2D eigenvalue weighted by molar-refractivity contribution is 5.37. The van der Waals surface area contributed by atoms with Gasteiger partial charge in [-0.2, -0.15) is 0 Å². The standard InChI is InChI=1S/C13H17FN4O/c1-3-5-9-6-10(19-18-9)7-15-13-12(14)11(4-2)16-8-17-13/h6,8H,3-5,7H2,1-2H3,(H,15,16,17). The molecule has 0 spiro atoms. The Balaban J connectivity index is 2.01. The van der Waals surface area contributed by atoms with Gasteiger partial charge in [-0.25, -0.2) is 14.4 Å². The van der Waals surface area contributed by atoms with Gasteiger partial charge in [-0.1, -0.05) is 25.4 Å². The first-order valence-electron chi connectivity index (χ1n) is 6.42. The Morgan fingerprint density at radius 2 is 2.16 bits per heavy atom. The minimum Gasteiger partial charge on any atom is -0.360 e. The van der Waals surface area contributed by atoms with Crippen LogP contribution in [0, 0.1) is 5.82 Å². The van der Waals surface area contributed by atoms with Crippen molar-refractivity contribution in [3.63, 3.8) is 0 Å². The molecule has 0 aliphatic carbocycles. The quantitative estimate of drug-likeness (QED) is 0.869. The Morgan fingerprint density at radius 1 is 1.32 bits per heavy atom. The van der Waals surface area contributed by atoms with E-state index in [-0.39, 0.29) is 5.82 Å². The van der Waals surface area contributed by atoms with Crippen molar-refractivity contribution in [3.05, 3.63) is 35.4 Å². The van der Waals surface area contributed by atoms with Gasteiger partial charge in [0.15, 0.2) is 17.4 Å². The number of aromatic nitrogens is 3. The topological polar surface area (TPSA) is 63.8 Å². The van der Waals surface area contributed by atoms with Gasteiger partial charge in [0, 0.05) is 6.07 Å². The summed E-state index contributed by atoms with van der Waals surface area (Å²) in [6.07, 6.45) is 3.78. The fourth-order valence-corrected chi connectivity index (χ4v) is 1.76. The van der Waals surface area contributed by atoms with Crippen LogP contribution in [-0.4, -0.2) is 15.1 Å². The normalized spacial score (nSPS) is 10.7. The molecule has 19 heavy (non-hydrogen) atoms. The Morgan fingerprint density at radius 3 is 2.89 bits per heavy atom. The molecule has 0 saturated carbocycles. The van der Waals surface area contributed by atoms with Crippen molar-refractivity contribution in [1.82, 2.24) is 15.1 Å². The molecule has 1 N–H and O–H groups in total. The summed E-state index contributed by atoms with van der Waals surface area (Å²) in [5, 5.41) is 6.83. The van der Waals surface area contributed by atoms with E-state index in [9.17, 15) is 4.39 Å². The second kappa shape index (κ2) is 6.26. The molecule has 0 atom stereocenters. The maximum Gasteiger partial charge on any atom is 0.186 e. The molecule has 5 nitrogen and oxygen atoms in total. The second-order valence-electron chi connectivity index (χ2n) is 4.22. The fraction of sp³-hybridized carbons (Fsp3) is 0.462. The van der Waals surface area contributed by atoms with Crippen molar-refractivity contribution >= 4 is 5.82 Å². The predicted molar refractivity (Wildman–Crippen MR) is 69.2 cm³/mol. The Labute approximate surface area is 111 Å². The van der Waals surface area contributed by atoms with E-state index < -0.39 is 5.82 Å². The minimum atomic E-state index is -0.404. The van der Waals surface area contributed by atoms with E-state index in [0.29, 0.717) is 24.4 Å². The summed E-state index contributed by atoms with van der Waals surface area (Å²) in [6.45, 7) is 4.28. The summed E-state index contributed by atoms with van der Waals surface area (Å²) in [5.74, 6) is 0.457. The van der Waals surface area contributed by atoms with E-state index in [2.05, 4.69) is 27.4 Å². The van der Waals surface area contributed by atoms with Crippen LogP contribution in [0.2, 0.25) is 0 Å². The molecule has 0 bridgehead atoms. The van der Waals surface area contributed by atoms with Gasteiger partial charge in [-0.15, -0.1) is 0 Å². The van der Waals surface area contributed by atoms with Gasteiger partial charge in [0.2, 0.25) is 0 Å². The van der Waals surface area contributed by atoms with Crippen LogP contribution in [-0.2, 0) is 19.4 Å². The van der Waals surface area contributed by atoms with Gasteiger partial charge < -0.3 is 9.84 Å². The zero-order valence-corrected chi connectivity index (χ0v) is 11.1. The molecule has 0 radical (unpaired) electrons. The Hall–Kier alpha value is -1.98. The number of hydrogen-bond acceptors (Lipinski definition) is 5. The molecule has 0 fully saturated rings. The third kappa shape index (κ3) is 3.27. The van der Waals surface area contributed by atoms with Crippen LogP contribution in [0.25, 0.3) is 0 Å². The van der Waals surface area contributed by atoms with Gasteiger partial charge in [0.25, 0.3) is 0 Å². The van der Waals surface area contributed by atoms with Crippen LogP contribution in [0.4, 0.5) is 10.2 Å². The molecule has 0 amide bonds. The zero-order valence-electron chi connectivity index (χ0n) is 11.1. The van der Waals surface area contributed by atoms with E-state index in [0.717, 1.165) is 18.5 Å². The molecule has 0 aromatic carbocycles. The number of anilines is 1. The fourth-order valence-electron chi connectivity index (χ4n) is 1.76. The van der Waals surface area contributed by atoms with Gasteiger partial charge in [0.05, 0.1) is 17.9 Å². The summed E-state index contributed by atoms with van der Waals surface area (Å²) in [5.41, 5.74) is 1.32. The summed E-state index contributed by atoms with van der Waals surface area (Å²) in [7, 11) is 0. The van der Waals surface area contributed by atoms with Crippen LogP contribution < -0.4 is 5.32 Å². The Kier molecular flexibility index (Phi) is 4.43.